The van der Waals surface area contributed by atoms with Gasteiger partial charge in [0.1, 0.15) is 6.04 Å². The first-order valence-electron chi connectivity index (χ1n) is 9.12. The van der Waals surface area contributed by atoms with E-state index in [1.165, 1.54) is 26.2 Å². The lowest BCUT2D eigenvalue weighted by Crippen LogP contribution is -2.42. The van der Waals surface area contributed by atoms with Crippen molar-refractivity contribution in [2.75, 3.05) is 7.11 Å². The average Bonchev–Trinajstić information content (AvgIpc) is 3.14. The van der Waals surface area contributed by atoms with Crippen LogP contribution in [0, 0.1) is 13.8 Å². The molecule has 2 N–H and O–H groups in total. The Kier molecular flexibility index (Phi) is 6.12. The highest BCUT2D eigenvalue weighted by atomic mass is 32.2. The third kappa shape index (κ3) is 4.29. The Morgan fingerprint density at radius 2 is 1.81 bits per heavy atom. The van der Waals surface area contributed by atoms with Gasteiger partial charge in [-0.25, -0.2) is 18.4 Å². The molecule has 0 radical (unpaired) electrons. The predicted octanol–water partition coefficient (Wildman–Crippen LogP) is 2.34. The molecule has 0 spiro atoms. The SMILES string of the molecule is COC(=O)[C@H](C)N1C(=O)S/C(=C\c2cc(C)n(-c3ccc(S(N)(=O)=O)cc3)c2C)C1=O. The largest absolute Gasteiger partial charge is 0.467 e. The van der Waals surface area contributed by atoms with E-state index >= 15 is 0 Å². The number of rotatable bonds is 5. The van der Waals surface area contributed by atoms with Crippen molar-refractivity contribution in [3.05, 3.63) is 52.2 Å². The van der Waals surface area contributed by atoms with E-state index in [1.807, 2.05) is 24.5 Å². The molecular weight excluding hydrogens is 442 g/mol. The fourth-order valence-corrected chi connectivity index (χ4v) is 4.76. The van der Waals surface area contributed by atoms with Crippen LogP contribution < -0.4 is 5.14 Å². The van der Waals surface area contributed by atoms with E-state index in [2.05, 4.69) is 4.74 Å². The summed E-state index contributed by atoms with van der Waals surface area (Å²) in [6.07, 6.45) is 1.60. The van der Waals surface area contributed by atoms with Crippen molar-refractivity contribution in [2.45, 2.75) is 31.7 Å². The fourth-order valence-electron chi connectivity index (χ4n) is 3.35. The van der Waals surface area contributed by atoms with Gasteiger partial charge in [0.05, 0.1) is 16.9 Å². The van der Waals surface area contributed by atoms with Gasteiger partial charge in [-0.05, 0) is 74.5 Å². The molecule has 0 bridgehead atoms. The summed E-state index contributed by atoms with van der Waals surface area (Å²) in [5.41, 5.74) is 3.06. The van der Waals surface area contributed by atoms with E-state index < -0.39 is 33.2 Å². The zero-order valence-electron chi connectivity index (χ0n) is 17.3. The fraction of sp³-hybridized carbons (Fsp3) is 0.250. The van der Waals surface area contributed by atoms with Crippen molar-refractivity contribution in [2.24, 2.45) is 5.14 Å². The number of amides is 2. The monoisotopic (exact) mass is 463 g/mol. The number of carbonyl (C=O) groups is 3. The first kappa shape index (κ1) is 22.8. The number of hydrogen-bond acceptors (Lipinski definition) is 7. The zero-order valence-corrected chi connectivity index (χ0v) is 18.9. The predicted molar refractivity (Wildman–Crippen MR) is 116 cm³/mol. The molecule has 2 amide bonds. The van der Waals surface area contributed by atoms with Crippen molar-refractivity contribution < 1.29 is 27.5 Å². The van der Waals surface area contributed by atoms with Gasteiger partial charge in [0.25, 0.3) is 11.1 Å². The number of hydrogen-bond donors (Lipinski definition) is 1. The maximum Gasteiger partial charge on any atom is 0.328 e. The Morgan fingerprint density at radius 1 is 1.19 bits per heavy atom. The van der Waals surface area contributed by atoms with Crippen LogP contribution >= 0.6 is 11.8 Å². The van der Waals surface area contributed by atoms with Crippen molar-refractivity contribution in [1.82, 2.24) is 9.47 Å². The van der Waals surface area contributed by atoms with Gasteiger partial charge in [0.15, 0.2) is 0 Å². The summed E-state index contributed by atoms with van der Waals surface area (Å²) < 4.78 is 29.5. The van der Waals surface area contributed by atoms with Crippen LogP contribution in [0.1, 0.15) is 23.9 Å². The van der Waals surface area contributed by atoms with Crippen LogP contribution in [0.25, 0.3) is 11.8 Å². The number of primary sulfonamides is 1. The number of methoxy groups -OCH3 is 1. The zero-order chi connectivity index (χ0) is 23.1. The lowest BCUT2D eigenvalue weighted by Gasteiger charge is -2.18. The molecule has 1 aliphatic rings. The van der Waals surface area contributed by atoms with E-state index in [0.717, 1.165) is 33.7 Å². The number of nitrogens with two attached hydrogens (primary N) is 1. The maximum atomic E-state index is 12.7. The maximum absolute atomic E-state index is 12.7. The molecule has 1 fully saturated rings. The Morgan fingerprint density at radius 3 is 2.35 bits per heavy atom. The third-order valence-corrected chi connectivity index (χ3v) is 6.75. The van der Waals surface area contributed by atoms with Crippen molar-refractivity contribution in [3.63, 3.8) is 0 Å². The summed E-state index contributed by atoms with van der Waals surface area (Å²) in [6, 6.07) is 6.94. The lowest BCUT2D eigenvalue weighted by molar-refractivity contribution is -0.148. The van der Waals surface area contributed by atoms with Crippen molar-refractivity contribution in [1.29, 1.82) is 0 Å². The molecule has 0 unspecified atom stereocenters. The first-order chi connectivity index (χ1) is 14.5. The highest BCUT2D eigenvalue weighted by molar-refractivity contribution is 8.18. The topological polar surface area (TPSA) is 129 Å². The molecule has 3 rings (SSSR count). The van der Waals surface area contributed by atoms with Gasteiger partial charge in [-0.2, -0.15) is 0 Å². The average molecular weight is 464 g/mol. The van der Waals surface area contributed by atoms with Gasteiger partial charge >= 0.3 is 5.97 Å². The number of benzene rings is 1. The first-order valence-corrected chi connectivity index (χ1v) is 11.5. The highest BCUT2D eigenvalue weighted by Crippen LogP contribution is 2.35. The smallest absolute Gasteiger partial charge is 0.328 e. The second-order valence-electron chi connectivity index (χ2n) is 6.95. The summed E-state index contributed by atoms with van der Waals surface area (Å²) in [6.45, 7) is 5.14. The van der Waals surface area contributed by atoms with Gasteiger partial charge in [-0.15, -0.1) is 0 Å². The molecule has 2 aromatic rings. The van der Waals surface area contributed by atoms with E-state index in [-0.39, 0.29) is 9.80 Å². The Balaban J connectivity index is 1.96. The number of sulfonamides is 1. The highest BCUT2D eigenvalue weighted by Gasteiger charge is 2.41. The number of thioether (sulfide) groups is 1. The molecule has 2 heterocycles. The minimum absolute atomic E-state index is 0.00679. The number of nitrogens with zero attached hydrogens (tertiary/aromatic N) is 2. The molecule has 164 valence electrons. The normalized spacial score (nSPS) is 16.8. The summed E-state index contributed by atoms with van der Waals surface area (Å²) in [5.74, 6) is -1.24. The van der Waals surface area contributed by atoms with Crippen LogP contribution in [0.4, 0.5) is 4.79 Å². The van der Waals surface area contributed by atoms with Crippen LogP contribution in [-0.4, -0.2) is 48.2 Å². The summed E-state index contributed by atoms with van der Waals surface area (Å²) in [5, 5.41) is 4.61. The molecule has 1 aromatic carbocycles. The molecule has 9 nitrogen and oxygen atoms in total. The number of carbonyl (C=O) groups excluding carboxylic acids is 3. The molecule has 0 aliphatic carbocycles. The van der Waals surface area contributed by atoms with Crippen molar-refractivity contribution >= 4 is 45.0 Å². The minimum Gasteiger partial charge on any atom is -0.467 e. The molecular formula is C20H21N3O6S2. The van der Waals surface area contributed by atoms with Crippen LogP contribution in [-0.2, 0) is 24.3 Å². The summed E-state index contributed by atoms with van der Waals surface area (Å²) in [7, 11) is -2.60. The molecule has 31 heavy (non-hydrogen) atoms. The van der Waals surface area contributed by atoms with Gasteiger partial charge < -0.3 is 9.30 Å². The Bertz CT molecular complexity index is 1210. The number of aromatic nitrogens is 1. The molecule has 1 atom stereocenters. The Labute approximate surface area is 183 Å². The number of ether oxygens (including phenoxy) is 1. The van der Waals surface area contributed by atoms with Crippen molar-refractivity contribution in [3.8, 4) is 5.69 Å². The van der Waals surface area contributed by atoms with Gasteiger partial charge in [-0.3, -0.25) is 14.5 Å². The molecule has 1 aliphatic heterocycles. The summed E-state index contributed by atoms with van der Waals surface area (Å²) in [4.78, 5) is 37.9. The quantitative estimate of drug-likeness (QED) is 0.532. The van der Waals surface area contributed by atoms with Crippen LogP contribution in [0.2, 0.25) is 0 Å². The van der Waals surface area contributed by atoms with Crippen LogP contribution in [0.3, 0.4) is 0 Å². The van der Waals surface area contributed by atoms with E-state index in [0.29, 0.717) is 5.56 Å². The second-order valence-corrected chi connectivity index (χ2v) is 9.51. The van der Waals surface area contributed by atoms with Crippen LogP contribution in [0.5, 0.6) is 0 Å². The third-order valence-electron chi connectivity index (χ3n) is 4.93. The molecule has 1 aromatic heterocycles. The molecule has 1 saturated heterocycles. The number of esters is 1. The van der Waals surface area contributed by atoms with E-state index in [4.69, 9.17) is 5.14 Å². The standard InChI is InChI=1S/C20H21N3O6S2/c1-11-9-14(10-17-18(24)23(20(26)30-17)13(3)19(25)29-4)12(2)22(11)15-5-7-16(8-6-15)31(21,27)28/h5-10,13H,1-4H3,(H2,21,27,28)/b17-10-/t13-/m0/s1. The molecule has 11 heteroatoms. The van der Waals surface area contributed by atoms with E-state index in [1.54, 1.807) is 18.2 Å². The lowest BCUT2D eigenvalue weighted by atomic mass is 10.2. The number of aryl methyl sites for hydroxylation is 1. The Hall–Kier alpha value is -2.89. The van der Waals surface area contributed by atoms with Crippen LogP contribution in [0.15, 0.2) is 40.1 Å². The van der Waals surface area contributed by atoms with E-state index in [9.17, 15) is 22.8 Å². The molecule has 0 saturated carbocycles. The minimum atomic E-state index is -3.79. The van der Waals surface area contributed by atoms with Gasteiger partial charge in [-0.1, -0.05) is 0 Å². The van der Waals surface area contributed by atoms with Gasteiger partial charge in [0.2, 0.25) is 10.0 Å². The number of imide groups is 1. The second kappa shape index (κ2) is 8.33. The van der Waals surface area contributed by atoms with Gasteiger partial charge in [0, 0.05) is 17.1 Å². The summed E-state index contributed by atoms with van der Waals surface area (Å²) >= 11 is 0.758.